The van der Waals surface area contributed by atoms with Crippen molar-refractivity contribution in [1.29, 1.82) is 0 Å². The summed E-state index contributed by atoms with van der Waals surface area (Å²) in [5.74, 6) is 0.696. The molecule has 0 aliphatic carbocycles. The molecule has 0 radical (unpaired) electrons. The highest BCUT2D eigenvalue weighted by Crippen LogP contribution is 2.13. The number of hydrogen-bond acceptors (Lipinski definition) is 0. The molecule has 2 heteroatoms. The summed E-state index contributed by atoms with van der Waals surface area (Å²) in [6.07, 6.45) is 7.30. The molecule has 0 heterocycles. The summed E-state index contributed by atoms with van der Waals surface area (Å²) in [4.78, 5) is 0. The summed E-state index contributed by atoms with van der Waals surface area (Å²) in [7, 11) is 0. The molecular formula is C9H18Cl2. The molecule has 0 aromatic heterocycles. The largest absolute Gasteiger partial charge is 0.127 e. The summed E-state index contributed by atoms with van der Waals surface area (Å²) in [5, 5.41) is 0.310. The van der Waals surface area contributed by atoms with Crippen molar-refractivity contribution in [2.24, 2.45) is 0 Å². The van der Waals surface area contributed by atoms with E-state index in [4.69, 9.17) is 23.2 Å². The van der Waals surface area contributed by atoms with E-state index in [9.17, 15) is 0 Å². The normalized spacial score (nSPS) is 13.4. The maximum Gasteiger partial charge on any atom is 0.0347 e. The summed E-state index contributed by atoms with van der Waals surface area (Å²) >= 11 is 11.5. The lowest BCUT2D eigenvalue weighted by molar-refractivity contribution is 0.608. The third kappa shape index (κ3) is 8.49. The molecular weight excluding hydrogens is 179 g/mol. The van der Waals surface area contributed by atoms with Crippen LogP contribution in [0, 0.1) is 0 Å². The minimum absolute atomic E-state index is 0.310. The average Bonchev–Trinajstić information content (AvgIpc) is 1.99. The Morgan fingerprint density at radius 1 is 1.09 bits per heavy atom. The molecule has 0 spiro atoms. The van der Waals surface area contributed by atoms with Crippen LogP contribution in [0.1, 0.15) is 45.4 Å². The van der Waals surface area contributed by atoms with Crippen LogP contribution in [0.15, 0.2) is 0 Å². The number of hydrogen-bond donors (Lipinski definition) is 0. The van der Waals surface area contributed by atoms with Crippen LogP contribution in [0.2, 0.25) is 0 Å². The van der Waals surface area contributed by atoms with Gasteiger partial charge in [0.25, 0.3) is 0 Å². The lowest BCUT2D eigenvalue weighted by Gasteiger charge is -2.05. The first-order valence-corrected chi connectivity index (χ1v) is 5.48. The van der Waals surface area contributed by atoms with Crippen molar-refractivity contribution in [2.75, 3.05) is 5.88 Å². The van der Waals surface area contributed by atoms with Crippen LogP contribution >= 0.6 is 23.2 Å². The molecule has 1 atom stereocenters. The zero-order valence-electron chi connectivity index (χ0n) is 7.28. The minimum Gasteiger partial charge on any atom is -0.127 e. The van der Waals surface area contributed by atoms with E-state index in [1.807, 2.05) is 0 Å². The van der Waals surface area contributed by atoms with E-state index in [2.05, 4.69) is 6.92 Å². The van der Waals surface area contributed by atoms with Crippen LogP contribution in [0.3, 0.4) is 0 Å². The molecule has 68 valence electrons. The molecule has 11 heavy (non-hydrogen) atoms. The maximum absolute atomic E-state index is 5.98. The van der Waals surface area contributed by atoms with Crippen molar-refractivity contribution in [3.63, 3.8) is 0 Å². The van der Waals surface area contributed by atoms with Gasteiger partial charge < -0.3 is 0 Å². The van der Waals surface area contributed by atoms with Gasteiger partial charge in [-0.05, 0) is 12.8 Å². The van der Waals surface area contributed by atoms with Gasteiger partial charge in [-0.15, -0.1) is 23.2 Å². The molecule has 0 saturated heterocycles. The molecule has 0 aromatic carbocycles. The fourth-order valence-corrected chi connectivity index (χ4v) is 1.69. The van der Waals surface area contributed by atoms with Gasteiger partial charge in [-0.1, -0.05) is 32.6 Å². The molecule has 0 nitrogen and oxygen atoms in total. The van der Waals surface area contributed by atoms with E-state index in [0.717, 1.165) is 12.8 Å². The highest BCUT2D eigenvalue weighted by Gasteiger charge is 2.01. The first kappa shape index (κ1) is 11.6. The monoisotopic (exact) mass is 196 g/mol. The van der Waals surface area contributed by atoms with E-state index < -0.39 is 0 Å². The zero-order valence-corrected chi connectivity index (χ0v) is 8.79. The van der Waals surface area contributed by atoms with E-state index in [0.29, 0.717) is 11.3 Å². The van der Waals surface area contributed by atoms with Crippen molar-refractivity contribution in [3.8, 4) is 0 Å². The van der Waals surface area contributed by atoms with Crippen LogP contribution in [0.25, 0.3) is 0 Å². The lowest BCUT2D eigenvalue weighted by atomic mass is 10.1. The zero-order chi connectivity index (χ0) is 8.53. The quantitative estimate of drug-likeness (QED) is 0.424. The van der Waals surface area contributed by atoms with Crippen molar-refractivity contribution in [1.82, 2.24) is 0 Å². The summed E-state index contributed by atoms with van der Waals surface area (Å²) in [6, 6.07) is 0. The Kier molecular flexibility index (Phi) is 9.13. The molecule has 0 aromatic rings. The van der Waals surface area contributed by atoms with Crippen LogP contribution in [-0.2, 0) is 0 Å². The summed E-state index contributed by atoms with van der Waals surface area (Å²) in [5.41, 5.74) is 0. The van der Waals surface area contributed by atoms with Gasteiger partial charge in [0.15, 0.2) is 0 Å². The maximum atomic E-state index is 5.98. The number of halogens is 2. The third-order valence-corrected chi connectivity index (χ3v) is 2.45. The Hall–Kier alpha value is 0.580. The van der Waals surface area contributed by atoms with Gasteiger partial charge in [0, 0.05) is 11.3 Å². The van der Waals surface area contributed by atoms with Gasteiger partial charge in [0.05, 0.1) is 0 Å². The van der Waals surface area contributed by atoms with Crippen LogP contribution in [-0.4, -0.2) is 11.3 Å². The molecule has 0 amide bonds. The van der Waals surface area contributed by atoms with Crippen molar-refractivity contribution in [3.05, 3.63) is 0 Å². The summed E-state index contributed by atoms with van der Waals surface area (Å²) in [6.45, 7) is 2.22. The first-order valence-electron chi connectivity index (χ1n) is 4.51. The van der Waals surface area contributed by atoms with Gasteiger partial charge in [-0.2, -0.15) is 0 Å². The highest BCUT2D eigenvalue weighted by atomic mass is 35.5. The molecule has 0 aliphatic heterocycles. The Balaban J connectivity index is 2.97. The lowest BCUT2D eigenvalue weighted by Crippen LogP contribution is -1.98. The average molecular weight is 197 g/mol. The molecule has 0 N–H and O–H groups in total. The van der Waals surface area contributed by atoms with Gasteiger partial charge >= 0.3 is 0 Å². The van der Waals surface area contributed by atoms with Gasteiger partial charge in [0.2, 0.25) is 0 Å². The topological polar surface area (TPSA) is 0 Å². The van der Waals surface area contributed by atoms with Gasteiger partial charge in [-0.25, -0.2) is 0 Å². The molecule has 0 saturated carbocycles. The van der Waals surface area contributed by atoms with Gasteiger partial charge in [0.1, 0.15) is 0 Å². The number of unbranched alkanes of at least 4 members (excludes halogenated alkanes) is 3. The van der Waals surface area contributed by atoms with Crippen LogP contribution in [0.5, 0.6) is 0 Å². The summed E-state index contributed by atoms with van der Waals surface area (Å²) < 4.78 is 0. The Morgan fingerprint density at radius 2 is 1.82 bits per heavy atom. The SMILES string of the molecule is CCCCCCC(Cl)CCCl. The van der Waals surface area contributed by atoms with Crippen molar-refractivity contribution in [2.45, 2.75) is 50.8 Å². The molecule has 0 rings (SSSR count). The Morgan fingerprint density at radius 3 is 2.36 bits per heavy atom. The fraction of sp³-hybridized carbons (Fsp3) is 1.00. The van der Waals surface area contributed by atoms with Gasteiger partial charge in [-0.3, -0.25) is 0 Å². The second-order valence-corrected chi connectivity index (χ2v) is 3.92. The minimum atomic E-state index is 0.310. The second kappa shape index (κ2) is 8.67. The van der Waals surface area contributed by atoms with Crippen LogP contribution < -0.4 is 0 Å². The fourth-order valence-electron chi connectivity index (χ4n) is 1.06. The third-order valence-electron chi connectivity index (χ3n) is 1.79. The van der Waals surface area contributed by atoms with Crippen molar-refractivity contribution < 1.29 is 0 Å². The van der Waals surface area contributed by atoms with E-state index >= 15 is 0 Å². The molecule has 0 fully saturated rings. The number of rotatable bonds is 7. The molecule has 0 aliphatic rings. The van der Waals surface area contributed by atoms with Crippen molar-refractivity contribution >= 4 is 23.2 Å². The van der Waals surface area contributed by atoms with Crippen LogP contribution in [0.4, 0.5) is 0 Å². The predicted molar refractivity (Wildman–Crippen MR) is 53.7 cm³/mol. The number of alkyl halides is 2. The molecule has 0 bridgehead atoms. The second-order valence-electron chi connectivity index (χ2n) is 2.92. The Bertz CT molecular complexity index is 74.0. The predicted octanol–water partition coefficient (Wildman–Crippen LogP) is 4.19. The molecule has 1 unspecified atom stereocenters. The van der Waals surface area contributed by atoms with E-state index in [1.54, 1.807) is 0 Å². The Labute approximate surface area is 80.3 Å². The van der Waals surface area contributed by atoms with E-state index in [-0.39, 0.29) is 0 Å². The van der Waals surface area contributed by atoms with E-state index in [1.165, 1.54) is 25.7 Å². The first-order chi connectivity index (χ1) is 5.31. The standard InChI is InChI=1S/C9H18Cl2/c1-2-3-4-5-6-9(11)7-8-10/h9H,2-8H2,1H3. The highest BCUT2D eigenvalue weighted by molar-refractivity contribution is 6.22. The smallest absolute Gasteiger partial charge is 0.0347 e.